The molecule has 0 bridgehead atoms. The minimum absolute atomic E-state index is 0.286. The van der Waals surface area contributed by atoms with Gasteiger partial charge in [0.05, 0.1) is 17.3 Å². The fraction of sp³-hybridized carbons (Fsp3) is 0.273. The highest BCUT2D eigenvalue weighted by Crippen LogP contribution is 2.17. The summed E-state index contributed by atoms with van der Waals surface area (Å²) in [5.41, 5.74) is 1.97. The number of benzene rings is 1. The van der Waals surface area contributed by atoms with Crippen molar-refractivity contribution < 1.29 is 9.90 Å². The maximum Gasteiger partial charge on any atom is 0.335 e. The highest BCUT2D eigenvalue weighted by atomic mass is 16.4. The van der Waals surface area contributed by atoms with E-state index in [0.717, 1.165) is 16.5 Å². The van der Waals surface area contributed by atoms with Gasteiger partial charge >= 0.3 is 5.97 Å². The van der Waals surface area contributed by atoms with Gasteiger partial charge in [-0.05, 0) is 24.6 Å². The average molecular weight is 206 g/mol. The van der Waals surface area contributed by atoms with E-state index in [4.69, 9.17) is 5.11 Å². The maximum absolute atomic E-state index is 10.7. The molecule has 0 fully saturated rings. The molecule has 2 rings (SSSR count). The van der Waals surface area contributed by atoms with Crippen molar-refractivity contribution in [2.75, 3.05) is 0 Å². The number of H-pyrrole nitrogens is 1. The molecule has 2 aromatic rings. The van der Waals surface area contributed by atoms with E-state index >= 15 is 0 Å². The lowest BCUT2D eigenvalue weighted by atomic mass is 10.1. The Labute approximate surface area is 87.9 Å². The number of aromatic amines is 1. The van der Waals surface area contributed by atoms with Gasteiger partial charge in [-0.2, -0.15) is 5.10 Å². The van der Waals surface area contributed by atoms with Crippen LogP contribution in [0.2, 0.25) is 0 Å². The quantitative estimate of drug-likeness (QED) is 0.753. The highest BCUT2D eigenvalue weighted by molar-refractivity contribution is 5.94. The van der Waals surface area contributed by atoms with Gasteiger partial charge in [0.2, 0.25) is 0 Å². The Morgan fingerprint density at radius 2 is 2.07 bits per heavy atom. The second kappa shape index (κ2) is 4.59. The molecule has 80 valence electrons. The van der Waals surface area contributed by atoms with Gasteiger partial charge in [0, 0.05) is 5.39 Å². The van der Waals surface area contributed by atoms with Crippen molar-refractivity contribution in [2.45, 2.75) is 20.8 Å². The SMILES string of the molecule is CC.Cc1cc(C(=O)O)cc2[nH]ncc12. The molecule has 1 aromatic carbocycles. The second-order valence-electron chi connectivity index (χ2n) is 2.93. The molecule has 1 aromatic heterocycles. The molecule has 0 spiro atoms. The molecule has 4 heteroatoms. The lowest BCUT2D eigenvalue weighted by Gasteiger charge is -1.98. The number of aromatic nitrogens is 2. The first kappa shape index (κ1) is 11.2. The van der Waals surface area contributed by atoms with Crippen molar-refractivity contribution in [3.05, 3.63) is 29.5 Å². The van der Waals surface area contributed by atoms with Crippen LogP contribution in [-0.2, 0) is 0 Å². The van der Waals surface area contributed by atoms with Gasteiger partial charge in [0.15, 0.2) is 0 Å². The minimum Gasteiger partial charge on any atom is -0.478 e. The molecule has 1 heterocycles. The first-order valence-corrected chi connectivity index (χ1v) is 4.85. The van der Waals surface area contributed by atoms with Crippen LogP contribution in [0.25, 0.3) is 10.9 Å². The first-order chi connectivity index (χ1) is 7.18. The van der Waals surface area contributed by atoms with Crippen molar-refractivity contribution >= 4 is 16.9 Å². The van der Waals surface area contributed by atoms with Crippen molar-refractivity contribution in [3.63, 3.8) is 0 Å². The van der Waals surface area contributed by atoms with E-state index in [9.17, 15) is 4.79 Å². The number of hydrogen-bond acceptors (Lipinski definition) is 2. The van der Waals surface area contributed by atoms with Crippen LogP contribution in [0, 0.1) is 6.92 Å². The summed E-state index contributed by atoms with van der Waals surface area (Å²) in [5, 5.41) is 16.3. The van der Waals surface area contributed by atoms with Crippen molar-refractivity contribution in [3.8, 4) is 0 Å². The summed E-state index contributed by atoms with van der Waals surface area (Å²) < 4.78 is 0. The molecule has 0 aliphatic rings. The van der Waals surface area contributed by atoms with E-state index in [0.29, 0.717) is 0 Å². The lowest BCUT2D eigenvalue weighted by molar-refractivity contribution is 0.0697. The third-order valence-corrected chi connectivity index (χ3v) is 2.01. The Kier molecular flexibility index (Phi) is 3.44. The minimum atomic E-state index is -0.917. The predicted molar refractivity (Wildman–Crippen MR) is 59.1 cm³/mol. The Hall–Kier alpha value is -1.84. The number of nitrogens with zero attached hydrogens (tertiary/aromatic N) is 1. The monoisotopic (exact) mass is 206 g/mol. The van der Waals surface area contributed by atoms with Crippen LogP contribution in [0.1, 0.15) is 29.8 Å². The van der Waals surface area contributed by atoms with Crippen LogP contribution in [-0.4, -0.2) is 21.3 Å². The third kappa shape index (κ3) is 2.15. The predicted octanol–water partition coefficient (Wildman–Crippen LogP) is 2.60. The van der Waals surface area contributed by atoms with E-state index in [-0.39, 0.29) is 5.56 Å². The summed E-state index contributed by atoms with van der Waals surface area (Å²) in [4.78, 5) is 10.7. The van der Waals surface area contributed by atoms with E-state index < -0.39 is 5.97 Å². The maximum atomic E-state index is 10.7. The van der Waals surface area contributed by atoms with Gasteiger partial charge < -0.3 is 5.11 Å². The van der Waals surface area contributed by atoms with Crippen LogP contribution in [0.5, 0.6) is 0 Å². The number of carbonyl (C=O) groups is 1. The molecule has 0 saturated heterocycles. The lowest BCUT2D eigenvalue weighted by Crippen LogP contribution is -1.96. The largest absolute Gasteiger partial charge is 0.478 e. The van der Waals surface area contributed by atoms with Gasteiger partial charge in [0.1, 0.15) is 0 Å². The number of rotatable bonds is 1. The fourth-order valence-corrected chi connectivity index (χ4v) is 1.35. The Morgan fingerprint density at radius 3 is 2.67 bits per heavy atom. The van der Waals surface area contributed by atoms with Crippen LogP contribution < -0.4 is 0 Å². The van der Waals surface area contributed by atoms with Gasteiger partial charge in [-0.15, -0.1) is 0 Å². The third-order valence-electron chi connectivity index (χ3n) is 2.01. The highest BCUT2D eigenvalue weighted by Gasteiger charge is 2.07. The summed E-state index contributed by atoms with van der Waals surface area (Å²) in [6, 6.07) is 3.22. The number of aryl methyl sites for hydroxylation is 1. The Morgan fingerprint density at radius 1 is 1.40 bits per heavy atom. The molecule has 0 unspecified atom stereocenters. The van der Waals surface area contributed by atoms with Crippen LogP contribution >= 0.6 is 0 Å². The summed E-state index contributed by atoms with van der Waals surface area (Å²) in [7, 11) is 0. The molecule has 0 amide bonds. The zero-order valence-electron chi connectivity index (χ0n) is 9.03. The summed E-state index contributed by atoms with van der Waals surface area (Å²) in [6.45, 7) is 5.87. The smallest absolute Gasteiger partial charge is 0.335 e. The molecule has 0 atom stereocenters. The molecule has 0 saturated carbocycles. The second-order valence-corrected chi connectivity index (χ2v) is 2.93. The summed E-state index contributed by atoms with van der Waals surface area (Å²) in [5.74, 6) is -0.917. The number of fused-ring (bicyclic) bond motifs is 1. The first-order valence-electron chi connectivity index (χ1n) is 4.85. The molecule has 15 heavy (non-hydrogen) atoms. The summed E-state index contributed by atoms with van der Waals surface area (Å²) >= 11 is 0. The van der Waals surface area contributed by atoms with Gasteiger partial charge in [0.25, 0.3) is 0 Å². The van der Waals surface area contributed by atoms with Crippen LogP contribution in [0.3, 0.4) is 0 Å². The molecule has 0 aliphatic heterocycles. The average Bonchev–Trinajstić information content (AvgIpc) is 2.69. The Balaban J connectivity index is 0.000000531. The van der Waals surface area contributed by atoms with E-state index in [1.54, 1.807) is 18.3 Å². The summed E-state index contributed by atoms with van der Waals surface area (Å²) in [6.07, 6.45) is 1.69. The molecular weight excluding hydrogens is 192 g/mol. The number of aromatic carboxylic acids is 1. The normalized spacial score (nSPS) is 9.53. The van der Waals surface area contributed by atoms with Gasteiger partial charge in [-0.25, -0.2) is 4.79 Å². The fourth-order valence-electron chi connectivity index (χ4n) is 1.35. The van der Waals surface area contributed by atoms with Crippen LogP contribution in [0.15, 0.2) is 18.3 Å². The number of hydrogen-bond donors (Lipinski definition) is 2. The molecule has 4 nitrogen and oxygen atoms in total. The van der Waals surface area contributed by atoms with Crippen molar-refractivity contribution in [1.82, 2.24) is 10.2 Å². The van der Waals surface area contributed by atoms with E-state index in [2.05, 4.69) is 10.2 Å². The van der Waals surface area contributed by atoms with E-state index in [1.165, 1.54) is 0 Å². The topological polar surface area (TPSA) is 66.0 Å². The molecule has 2 N–H and O–H groups in total. The number of carboxylic acids is 1. The van der Waals surface area contributed by atoms with Crippen molar-refractivity contribution in [2.24, 2.45) is 0 Å². The van der Waals surface area contributed by atoms with Gasteiger partial charge in [-0.1, -0.05) is 13.8 Å². The molecule has 0 radical (unpaired) electrons. The van der Waals surface area contributed by atoms with E-state index in [1.807, 2.05) is 20.8 Å². The zero-order valence-corrected chi connectivity index (χ0v) is 9.03. The van der Waals surface area contributed by atoms with Crippen LogP contribution in [0.4, 0.5) is 0 Å². The molecule has 0 aliphatic carbocycles. The standard InChI is InChI=1S/C9H8N2O2.C2H6/c1-5-2-6(9(12)13)3-8-7(5)4-10-11-8;1-2/h2-4H,1H3,(H,10,11)(H,12,13);1-2H3. The zero-order chi connectivity index (χ0) is 11.4. The van der Waals surface area contributed by atoms with Crippen molar-refractivity contribution in [1.29, 1.82) is 0 Å². The molecular formula is C11H14N2O2. The number of carboxylic acid groups (broad SMARTS) is 1. The number of nitrogens with one attached hydrogen (secondary N) is 1. The van der Waals surface area contributed by atoms with Gasteiger partial charge in [-0.3, -0.25) is 5.10 Å². The Bertz CT molecular complexity index is 474.